The van der Waals surface area contributed by atoms with Gasteiger partial charge in [0.05, 0.1) is 11.6 Å². The Morgan fingerprint density at radius 1 is 1.30 bits per heavy atom. The number of aromatic nitrogens is 2. The highest BCUT2D eigenvalue weighted by Crippen LogP contribution is 2.17. The first-order valence-corrected chi connectivity index (χ1v) is 8.36. The molecule has 0 saturated heterocycles. The number of ketones is 1. The number of hydrogen-bond acceptors (Lipinski definition) is 4. The lowest BCUT2D eigenvalue weighted by Crippen LogP contribution is -2.09. The maximum atomic E-state index is 13.1. The first-order chi connectivity index (χ1) is 12.9. The molecule has 1 N–H and O–H groups in total. The third kappa shape index (κ3) is 4.92. The molecule has 2 heterocycles. The Balaban J connectivity index is 1.59. The molecule has 3 aromatic rings. The first-order valence-electron chi connectivity index (χ1n) is 7.98. The minimum absolute atomic E-state index is 0.0119. The first kappa shape index (κ1) is 18.6. The van der Waals surface area contributed by atoms with Crippen molar-refractivity contribution in [2.75, 3.05) is 5.32 Å². The number of halogens is 2. The molecule has 1 aromatic carbocycles. The van der Waals surface area contributed by atoms with Crippen LogP contribution in [0.3, 0.4) is 0 Å². The van der Waals surface area contributed by atoms with Gasteiger partial charge in [-0.1, -0.05) is 17.7 Å². The van der Waals surface area contributed by atoms with Crippen molar-refractivity contribution >= 4 is 35.2 Å². The van der Waals surface area contributed by atoms with Crippen LogP contribution in [0.25, 0.3) is 6.08 Å². The molecular formula is C19H15ClFN3O3. The van der Waals surface area contributed by atoms with E-state index in [9.17, 15) is 14.0 Å². The average Bonchev–Trinajstić information content (AvgIpc) is 3.26. The topological polar surface area (TPSA) is 77.1 Å². The highest BCUT2D eigenvalue weighted by molar-refractivity contribution is 6.30. The van der Waals surface area contributed by atoms with Gasteiger partial charge < -0.3 is 9.73 Å². The highest BCUT2D eigenvalue weighted by Gasteiger charge is 2.08. The number of furan rings is 1. The molecule has 0 aliphatic carbocycles. The fraction of sp³-hybridized carbons (Fsp3) is 0.105. The van der Waals surface area contributed by atoms with Gasteiger partial charge in [-0.05, 0) is 35.9 Å². The Labute approximate surface area is 159 Å². The van der Waals surface area contributed by atoms with Crippen LogP contribution in [0.1, 0.15) is 28.8 Å². The molecule has 3 rings (SSSR count). The lowest BCUT2D eigenvalue weighted by Gasteiger charge is -1.99. The normalized spacial score (nSPS) is 11.1. The largest absolute Gasteiger partial charge is 0.456 e. The summed E-state index contributed by atoms with van der Waals surface area (Å²) in [5.41, 5.74) is 0.598. The van der Waals surface area contributed by atoms with Gasteiger partial charge in [-0.25, -0.2) is 4.39 Å². The molecule has 0 aliphatic heterocycles. The van der Waals surface area contributed by atoms with Gasteiger partial charge in [0.1, 0.15) is 11.6 Å². The summed E-state index contributed by atoms with van der Waals surface area (Å²) in [7, 11) is 0. The SMILES string of the molecule is CC(=O)c1ccc(Cn2ccc(NC(=O)/C=C/c3ccc(F)c(Cl)c3)n2)o1. The molecule has 6 nitrogen and oxygen atoms in total. The molecule has 0 bridgehead atoms. The second-order valence-corrected chi connectivity index (χ2v) is 6.12. The summed E-state index contributed by atoms with van der Waals surface area (Å²) in [6.45, 7) is 1.75. The molecule has 0 spiro atoms. The molecule has 1 amide bonds. The Kier molecular flexibility index (Phi) is 5.52. The van der Waals surface area contributed by atoms with Crippen molar-refractivity contribution in [1.82, 2.24) is 9.78 Å². The Morgan fingerprint density at radius 2 is 2.11 bits per heavy atom. The third-order valence-corrected chi connectivity index (χ3v) is 3.88. The van der Waals surface area contributed by atoms with Gasteiger partial charge in [-0.2, -0.15) is 5.10 Å². The number of benzene rings is 1. The summed E-state index contributed by atoms with van der Waals surface area (Å²) in [6, 6.07) is 9.11. The van der Waals surface area contributed by atoms with Crippen molar-refractivity contribution in [2.45, 2.75) is 13.5 Å². The third-order valence-electron chi connectivity index (χ3n) is 3.59. The van der Waals surface area contributed by atoms with Gasteiger partial charge in [0.2, 0.25) is 5.91 Å². The van der Waals surface area contributed by atoms with Crippen LogP contribution in [0.2, 0.25) is 5.02 Å². The maximum absolute atomic E-state index is 13.1. The van der Waals surface area contributed by atoms with Crippen LogP contribution < -0.4 is 5.32 Å². The van der Waals surface area contributed by atoms with Crippen LogP contribution >= 0.6 is 11.6 Å². The molecular weight excluding hydrogens is 373 g/mol. The molecule has 27 heavy (non-hydrogen) atoms. The van der Waals surface area contributed by atoms with Crippen LogP contribution in [0.5, 0.6) is 0 Å². The Morgan fingerprint density at radius 3 is 2.81 bits per heavy atom. The summed E-state index contributed by atoms with van der Waals surface area (Å²) >= 11 is 5.70. The van der Waals surface area contributed by atoms with E-state index in [-0.39, 0.29) is 16.6 Å². The number of nitrogens with zero attached hydrogens (tertiary/aromatic N) is 2. The van der Waals surface area contributed by atoms with E-state index in [4.69, 9.17) is 16.0 Å². The molecule has 0 atom stereocenters. The molecule has 0 fully saturated rings. The van der Waals surface area contributed by atoms with Crippen LogP contribution in [0.4, 0.5) is 10.2 Å². The zero-order chi connectivity index (χ0) is 19.4. The number of rotatable bonds is 6. The predicted molar refractivity (Wildman–Crippen MR) is 99.1 cm³/mol. The molecule has 0 radical (unpaired) electrons. The quantitative estimate of drug-likeness (QED) is 0.508. The smallest absolute Gasteiger partial charge is 0.249 e. The fourth-order valence-corrected chi connectivity index (χ4v) is 2.47. The van der Waals surface area contributed by atoms with Crippen molar-refractivity contribution in [3.05, 3.63) is 76.6 Å². The number of Topliss-reactive ketones (excluding diaryl/α,β-unsaturated/α-hetero) is 1. The minimum atomic E-state index is -0.518. The molecule has 0 aliphatic rings. The van der Waals surface area contributed by atoms with Crippen molar-refractivity contribution in [3.8, 4) is 0 Å². The van der Waals surface area contributed by atoms with Crippen LogP contribution in [0.15, 0.2) is 53.1 Å². The van der Waals surface area contributed by atoms with Gasteiger partial charge in [-0.3, -0.25) is 14.3 Å². The van der Waals surface area contributed by atoms with Crippen LogP contribution in [0, 0.1) is 5.82 Å². The van der Waals surface area contributed by atoms with Crippen LogP contribution in [-0.2, 0) is 11.3 Å². The van der Waals surface area contributed by atoms with E-state index in [0.717, 1.165) is 0 Å². The number of carbonyl (C=O) groups excluding carboxylic acids is 2. The standard InChI is InChI=1S/C19H15ClFN3O3/c1-12(25)17-6-4-14(27-17)11-24-9-8-18(23-24)22-19(26)7-3-13-2-5-16(21)15(20)10-13/h2-10H,11H2,1H3,(H,22,23,26)/b7-3+. The average molecular weight is 388 g/mol. The van der Waals surface area contributed by atoms with E-state index in [1.165, 1.54) is 37.3 Å². The lowest BCUT2D eigenvalue weighted by molar-refractivity contribution is -0.111. The number of carbonyl (C=O) groups is 2. The van der Waals surface area contributed by atoms with Gasteiger partial charge in [0, 0.05) is 25.3 Å². The van der Waals surface area contributed by atoms with Gasteiger partial charge in [0.15, 0.2) is 17.4 Å². The zero-order valence-electron chi connectivity index (χ0n) is 14.3. The number of anilines is 1. The monoisotopic (exact) mass is 387 g/mol. The van der Waals surface area contributed by atoms with E-state index >= 15 is 0 Å². The van der Waals surface area contributed by atoms with Crippen molar-refractivity contribution in [3.63, 3.8) is 0 Å². The minimum Gasteiger partial charge on any atom is -0.456 e. The van der Waals surface area contributed by atoms with Crippen molar-refractivity contribution in [2.24, 2.45) is 0 Å². The lowest BCUT2D eigenvalue weighted by atomic mass is 10.2. The summed E-state index contributed by atoms with van der Waals surface area (Å²) in [6.07, 6.45) is 4.49. The summed E-state index contributed by atoms with van der Waals surface area (Å²) < 4.78 is 20.1. The van der Waals surface area contributed by atoms with Crippen molar-refractivity contribution < 1.29 is 18.4 Å². The number of hydrogen-bond donors (Lipinski definition) is 1. The molecule has 0 saturated carbocycles. The summed E-state index contributed by atoms with van der Waals surface area (Å²) in [4.78, 5) is 23.2. The number of nitrogens with one attached hydrogen (secondary N) is 1. The summed E-state index contributed by atoms with van der Waals surface area (Å²) in [5, 5.41) is 6.82. The van der Waals surface area contributed by atoms with Gasteiger partial charge in [0.25, 0.3) is 0 Å². The Hall–Kier alpha value is -3.19. The fourth-order valence-electron chi connectivity index (χ4n) is 2.28. The summed E-state index contributed by atoms with van der Waals surface area (Å²) in [5.74, 6) is 0.170. The highest BCUT2D eigenvalue weighted by atomic mass is 35.5. The molecule has 2 aromatic heterocycles. The molecule has 8 heteroatoms. The zero-order valence-corrected chi connectivity index (χ0v) is 15.0. The predicted octanol–water partition coefficient (Wildman–Crippen LogP) is 4.17. The van der Waals surface area contributed by atoms with E-state index < -0.39 is 11.7 Å². The number of amides is 1. The van der Waals surface area contributed by atoms with E-state index in [2.05, 4.69) is 10.4 Å². The van der Waals surface area contributed by atoms with E-state index in [0.29, 0.717) is 23.7 Å². The van der Waals surface area contributed by atoms with E-state index in [1.54, 1.807) is 29.1 Å². The Bertz CT molecular complexity index is 1020. The van der Waals surface area contributed by atoms with Crippen LogP contribution in [-0.4, -0.2) is 21.5 Å². The second-order valence-electron chi connectivity index (χ2n) is 5.72. The van der Waals surface area contributed by atoms with Crippen molar-refractivity contribution in [1.29, 1.82) is 0 Å². The van der Waals surface area contributed by atoms with E-state index in [1.807, 2.05) is 0 Å². The molecule has 138 valence electrons. The molecule has 0 unspecified atom stereocenters. The van der Waals surface area contributed by atoms with Gasteiger partial charge >= 0.3 is 0 Å². The van der Waals surface area contributed by atoms with Gasteiger partial charge in [-0.15, -0.1) is 0 Å². The second kappa shape index (κ2) is 8.01. The maximum Gasteiger partial charge on any atom is 0.249 e.